The average Bonchev–Trinajstić information content (AvgIpc) is 2.34. The number of urea groups is 1. The number of ether oxygens (including phenoxy) is 1. The Bertz CT molecular complexity index is 468. The molecule has 1 aromatic rings. The summed E-state index contributed by atoms with van der Waals surface area (Å²) in [6.45, 7) is 5.36. The van der Waals surface area contributed by atoms with E-state index >= 15 is 0 Å². The Kier molecular flexibility index (Phi) is 3.66. The third-order valence-electron chi connectivity index (χ3n) is 3.73. The third kappa shape index (κ3) is 2.81. The highest BCUT2D eigenvalue weighted by atomic mass is 16.5. The highest BCUT2D eigenvalue weighted by Crippen LogP contribution is 2.27. The average molecular weight is 263 g/mol. The lowest BCUT2D eigenvalue weighted by Crippen LogP contribution is -2.71. The first-order valence-electron chi connectivity index (χ1n) is 6.43. The number of benzene rings is 1. The third-order valence-corrected chi connectivity index (χ3v) is 3.73. The topological polar surface area (TPSA) is 67.6 Å². The predicted molar refractivity (Wildman–Crippen MR) is 75.3 cm³/mol. The minimum absolute atomic E-state index is 0.116. The van der Waals surface area contributed by atoms with E-state index in [1.54, 1.807) is 18.1 Å². The van der Waals surface area contributed by atoms with Crippen molar-refractivity contribution in [3.63, 3.8) is 0 Å². The van der Waals surface area contributed by atoms with E-state index in [9.17, 15) is 4.79 Å². The van der Waals surface area contributed by atoms with Crippen molar-refractivity contribution in [1.82, 2.24) is 4.90 Å². The summed E-state index contributed by atoms with van der Waals surface area (Å²) in [4.78, 5) is 13.7. The standard InChI is InChI=1S/C14H21N3O2/c1-10(2)14(15)8-17(9-14)13(18)16-11-5-4-6-12(7-11)19-3/h4-7,10H,8-9,15H2,1-3H3,(H,16,18). The largest absolute Gasteiger partial charge is 0.497 e. The molecule has 5 nitrogen and oxygen atoms in total. The Morgan fingerprint density at radius 1 is 1.47 bits per heavy atom. The lowest BCUT2D eigenvalue weighted by molar-refractivity contribution is 0.0721. The van der Waals surface area contributed by atoms with E-state index in [2.05, 4.69) is 19.2 Å². The van der Waals surface area contributed by atoms with E-state index in [4.69, 9.17) is 10.5 Å². The van der Waals surface area contributed by atoms with Gasteiger partial charge >= 0.3 is 6.03 Å². The van der Waals surface area contributed by atoms with Crippen LogP contribution in [0.3, 0.4) is 0 Å². The number of carbonyl (C=O) groups is 1. The number of hydrogen-bond donors (Lipinski definition) is 2. The quantitative estimate of drug-likeness (QED) is 0.875. The second-order valence-electron chi connectivity index (χ2n) is 5.41. The first-order valence-corrected chi connectivity index (χ1v) is 6.43. The van der Waals surface area contributed by atoms with Gasteiger partial charge in [-0.05, 0) is 18.1 Å². The molecule has 2 rings (SSSR count). The molecule has 19 heavy (non-hydrogen) atoms. The fourth-order valence-electron chi connectivity index (χ4n) is 2.08. The number of anilines is 1. The summed E-state index contributed by atoms with van der Waals surface area (Å²) < 4.78 is 5.12. The molecule has 2 amide bonds. The van der Waals surface area contributed by atoms with Crippen molar-refractivity contribution >= 4 is 11.7 Å². The maximum Gasteiger partial charge on any atom is 0.321 e. The number of carbonyl (C=O) groups excluding carboxylic acids is 1. The molecule has 0 atom stereocenters. The number of methoxy groups -OCH3 is 1. The molecule has 1 heterocycles. The van der Waals surface area contributed by atoms with E-state index in [0.717, 1.165) is 11.4 Å². The fourth-order valence-corrected chi connectivity index (χ4v) is 2.08. The van der Waals surface area contributed by atoms with E-state index < -0.39 is 0 Å². The number of nitrogens with one attached hydrogen (secondary N) is 1. The molecule has 5 heteroatoms. The van der Waals surface area contributed by atoms with Crippen LogP contribution in [0.5, 0.6) is 5.75 Å². The molecule has 0 unspecified atom stereocenters. The second-order valence-corrected chi connectivity index (χ2v) is 5.41. The van der Waals surface area contributed by atoms with Gasteiger partial charge in [0.25, 0.3) is 0 Å². The zero-order valence-electron chi connectivity index (χ0n) is 11.6. The van der Waals surface area contributed by atoms with Crippen LogP contribution in [0.15, 0.2) is 24.3 Å². The van der Waals surface area contributed by atoms with Crippen molar-refractivity contribution in [3.8, 4) is 5.75 Å². The molecule has 104 valence electrons. The van der Waals surface area contributed by atoms with Gasteiger partial charge in [0.1, 0.15) is 5.75 Å². The Balaban J connectivity index is 1.92. The number of rotatable bonds is 3. The highest BCUT2D eigenvalue weighted by Gasteiger charge is 2.44. The van der Waals surface area contributed by atoms with Crippen molar-refractivity contribution in [2.75, 3.05) is 25.5 Å². The lowest BCUT2D eigenvalue weighted by atomic mass is 9.80. The smallest absolute Gasteiger partial charge is 0.321 e. The number of likely N-dealkylation sites (tertiary alicyclic amines) is 1. The molecule has 1 saturated heterocycles. The van der Waals surface area contributed by atoms with Gasteiger partial charge in [-0.25, -0.2) is 4.79 Å². The van der Waals surface area contributed by atoms with Gasteiger partial charge < -0.3 is 20.7 Å². The van der Waals surface area contributed by atoms with E-state index in [1.165, 1.54) is 0 Å². The highest BCUT2D eigenvalue weighted by molar-refractivity contribution is 5.90. The summed E-state index contributed by atoms with van der Waals surface area (Å²) in [6.07, 6.45) is 0. The molecule has 1 aromatic carbocycles. The molecule has 0 aliphatic carbocycles. The van der Waals surface area contributed by atoms with Gasteiger partial charge in [-0.3, -0.25) is 0 Å². The monoisotopic (exact) mass is 263 g/mol. The molecule has 0 bridgehead atoms. The zero-order valence-corrected chi connectivity index (χ0v) is 11.6. The maximum absolute atomic E-state index is 12.0. The van der Waals surface area contributed by atoms with Crippen molar-refractivity contribution in [3.05, 3.63) is 24.3 Å². The molecule has 1 fully saturated rings. The number of amides is 2. The Labute approximate surface area is 113 Å². The van der Waals surface area contributed by atoms with Crippen LogP contribution in [-0.2, 0) is 0 Å². The van der Waals surface area contributed by atoms with Crippen molar-refractivity contribution in [1.29, 1.82) is 0 Å². The summed E-state index contributed by atoms with van der Waals surface area (Å²) in [7, 11) is 1.60. The van der Waals surface area contributed by atoms with Crippen molar-refractivity contribution in [2.24, 2.45) is 11.7 Å². The number of nitrogens with zero attached hydrogens (tertiary/aromatic N) is 1. The van der Waals surface area contributed by atoms with Gasteiger partial charge in [0.05, 0.1) is 12.6 Å². The first-order chi connectivity index (χ1) is 8.94. The summed E-state index contributed by atoms with van der Waals surface area (Å²) in [6, 6.07) is 7.18. The summed E-state index contributed by atoms with van der Waals surface area (Å²) in [5.74, 6) is 1.09. The summed E-state index contributed by atoms with van der Waals surface area (Å²) in [5.41, 5.74) is 6.65. The van der Waals surface area contributed by atoms with Crippen LogP contribution in [0.4, 0.5) is 10.5 Å². The molecular formula is C14H21N3O2. The fraction of sp³-hybridized carbons (Fsp3) is 0.500. The molecule has 0 aromatic heterocycles. The SMILES string of the molecule is COc1cccc(NC(=O)N2CC(N)(C(C)C)C2)c1. The van der Waals surface area contributed by atoms with Gasteiger partial charge in [0, 0.05) is 24.8 Å². The maximum atomic E-state index is 12.0. The van der Waals surface area contributed by atoms with Crippen molar-refractivity contribution < 1.29 is 9.53 Å². The minimum Gasteiger partial charge on any atom is -0.497 e. The van der Waals surface area contributed by atoms with Crippen LogP contribution in [-0.4, -0.2) is 36.7 Å². The van der Waals surface area contributed by atoms with Crippen molar-refractivity contribution in [2.45, 2.75) is 19.4 Å². The Hall–Kier alpha value is -1.75. The van der Waals surface area contributed by atoms with Crippen LogP contribution < -0.4 is 15.8 Å². The predicted octanol–water partition coefficient (Wildman–Crippen LogP) is 1.90. The lowest BCUT2D eigenvalue weighted by Gasteiger charge is -2.50. The van der Waals surface area contributed by atoms with Crippen LogP contribution in [0.2, 0.25) is 0 Å². The van der Waals surface area contributed by atoms with Gasteiger partial charge in [-0.15, -0.1) is 0 Å². The van der Waals surface area contributed by atoms with Gasteiger partial charge in [-0.1, -0.05) is 19.9 Å². The second kappa shape index (κ2) is 5.09. The molecule has 1 aliphatic heterocycles. The minimum atomic E-state index is -0.244. The first kappa shape index (κ1) is 13.7. The molecule has 3 N–H and O–H groups in total. The van der Waals surface area contributed by atoms with Gasteiger partial charge in [-0.2, -0.15) is 0 Å². The summed E-state index contributed by atoms with van der Waals surface area (Å²) >= 11 is 0. The van der Waals surface area contributed by atoms with Gasteiger partial charge in [0.2, 0.25) is 0 Å². The van der Waals surface area contributed by atoms with Gasteiger partial charge in [0.15, 0.2) is 0 Å². The molecule has 0 spiro atoms. The Morgan fingerprint density at radius 2 is 2.16 bits per heavy atom. The summed E-state index contributed by atoms with van der Waals surface area (Å²) in [5, 5.41) is 2.85. The van der Waals surface area contributed by atoms with E-state index in [0.29, 0.717) is 19.0 Å². The molecular weight excluding hydrogens is 242 g/mol. The van der Waals surface area contributed by atoms with E-state index in [1.807, 2.05) is 18.2 Å². The normalized spacial score (nSPS) is 17.0. The molecule has 0 saturated carbocycles. The molecule has 1 aliphatic rings. The van der Waals surface area contributed by atoms with Crippen LogP contribution in [0, 0.1) is 5.92 Å². The molecule has 0 radical (unpaired) electrons. The van der Waals surface area contributed by atoms with Crippen LogP contribution >= 0.6 is 0 Å². The number of hydrogen-bond acceptors (Lipinski definition) is 3. The Morgan fingerprint density at radius 3 is 2.74 bits per heavy atom. The van der Waals surface area contributed by atoms with Crippen LogP contribution in [0.1, 0.15) is 13.8 Å². The zero-order chi connectivity index (χ0) is 14.0. The number of nitrogens with two attached hydrogens (primary N) is 1. The van der Waals surface area contributed by atoms with E-state index in [-0.39, 0.29) is 11.6 Å². The van der Waals surface area contributed by atoms with Crippen LogP contribution in [0.25, 0.3) is 0 Å².